The Morgan fingerprint density at radius 3 is 1.31 bits per heavy atom. The molecule has 1 saturated heterocycles. The van der Waals surface area contributed by atoms with E-state index in [1.54, 1.807) is 4.90 Å². The summed E-state index contributed by atoms with van der Waals surface area (Å²) in [4.78, 5) is 42.7. The molecule has 3 aromatic carbocycles. The summed E-state index contributed by atoms with van der Waals surface area (Å²) >= 11 is 0. The number of likely N-dealkylation sites (tertiary alicyclic amines) is 1. The van der Waals surface area contributed by atoms with Gasteiger partial charge in [0.15, 0.2) is 16.6 Å². The van der Waals surface area contributed by atoms with Gasteiger partial charge in [-0.3, -0.25) is 4.79 Å². The fourth-order valence-electron chi connectivity index (χ4n) is 5.03. The van der Waals surface area contributed by atoms with Crippen LogP contribution in [-0.2, 0) is 31.5 Å². The van der Waals surface area contributed by atoms with E-state index >= 15 is 0 Å². The number of carbonyl (C=O) groups is 3. The van der Waals surface area contributed by atoms with Crippen molar-refractivity contribution < 1.29 is 32.7 Å². The predicted octanol–water partition coefficient (Wildman–Crippen LogP) is 8.64. The Labute approximate surface area is 294 Å². The molecule has 0 aromatic heterocycles. The lowest BCUT2D eigenvalue weighted by atomic mass is 10.0. The van der Waals surface area contributed by atoms with E-state index in [4.69, 9.17) is 18.3 Å². The fraction of sp³-hybridized carbons (Fsp3) is 0.462. The number of benzene rings is 3. The maximum absolute atomic E-state index is 14.3. The number of amides is 1. The molecule has 49 heavy (non-hydrogen) atoms. The lowest BCUT2D eigenvalue weighted by Gasteiger charge is -2.42. The number of nitrogens with zero attached hydrogens (tertiary/aromatic N) is 1. The van der Waals surface area contributed by atoms with Crippen molar-refractivity contribution in [2.24, 2.45) is 0 Å². The van der Waals surface area contributed by atoms with E-state index < -0.39 is 28.6 Å². The normalized spacial score (nSPS) is 17.1. The van der Waals surface area contributed by atoms with Crippen LogP contribution in [0.2, 0.25) is 36.3 Å². The summed E-state index contributed by atoms with van der Waals surface area (Å²) in [6.07, 6.45) is -0.624. The Kier molecular flexibility index (Phi) is 11.8. The zero-order valence-corrected chi connectivity index (χ0v) is 32.8. The van der Waals surface area contributed by atoms with Crippen molar-refractivity contribution in [1.29, 1.82) is 0 Å². The van der Waals surface area contributed by atoms with Crippen molar-refractivity contribution in [3.05, 3.63) is 107 Å². The van der Waals surface area contributed by atoms with Gasteiger partial charge in [-0.1, -0.05) is 102 Å². The summed E-state index contributed by atoms with van der Waals surface area (Å²) < 4.78 is 25.0. The molecule has 1 fully saturated rings. The van der Waals surface area contributed by atoms with Crippen LogP contribution in [0.5, 0.6) is 0 Å². The molecule has 0 unspecified atom stereocenters. The molecule has 3 aromatic rings. The minimum absolute atomic E-state index is 0.0323. The third-order valence-corrected chi connectivity index (χ3v) is 19.1. The SMILES string of the molecule is CC(C)(C)[Si](C)(C)O[C@H]1CN(C(=O)c2cc(C(=O)OCc3ccccc3)cc(C(=O)OCc3ccccc3)c2)C[C@@H]1O[Si](C)(C)C(C)(C)C. The smallest absolute Gasteiger partial charge is 0.338 e. The zero-order chi connectivity index (χ0) is 36.2. The highest BCUT2D eigenvalue weighted by Gasteiger charge is 2.48. The van der Waals surface area contributed by atoms with Gasteiger partial charge < -0.3 is 23.2 Å². The summed E-state index contributed by atoms with van der Waals surface area (Å²) in [7, 11) is -4.45. The standard InChI is InChI=1S/C39H53NO7Si2/c1-38(2,3)48(7,8)46-33-24-40(25-34(33)47-49(9,10)39(4,5)6)35(41)30-21-31(36(42)44-26-28-17-13-11-14-18-28)23-32(22-30)37(43)45-27-29-19-15-12-16-20-29/h11-23,33-34H,24-27H2,1-10H3/t33-,34-/m0/s1. The second kappa shape index (κ2) is 15.1. The highest BCUT2D eigenvalue weighted by Crippen LogP contribution is 2.41. The molecule has 10 heteroatoms. The maximum Gasteiger partial charge on any atom is 0.338 e. The topological polar surface area (TPSA) is 91.4 Å². The number of ether oxygens (including phenoxy) is 2. The first-order valence-corrected chi connectivity index (χ1v) is 22.8. The van der Waals surface area contributed by atoms with Crippen LogP contribution in [0.25, 0.3) is 0 Å². The molecule has 0 aliphatic carbocycles. The Morgan fingerprint density at radius 2 is 0.959 bits per heavy atom. The van der Waals surface area contributed by atoms with Crippen molar-refractivity contribution in [1.82, 2.24) is 4.90 Å². The van der Waals surface area contributed by atoms with Gasteiger partial charge in [0.05, 0.1) is 23.3 Å². The number of carbonyl (C=O) groups excluding carboxylic acids is 3. The molecular formula is C39H53NO7Si2. The second-order valence-corrected chi connectivity index (χ2v) is 25.5. The third-order valence-electron chi connectivity index (χ3n) is 10.1. The van der Waals surface area contributed by atoms with E-state index in [0.717, 1.165) is 11.1 Å². The molecule has 2 atom stereocenters. The van der Waals surface area contributed by atoms with Crippen LogP contribution in [0.15, 0.2) is 78.9 Å². The number of rotatable bonds is 11. The van der Waals surface area contributed by atoms with Gasteiger partial charge in [-0.05, 0) is 65.6 Å². The molecule has 4 rings (SSSR count). The van der Waals surface area contributed by atoms with Gasteiger partial charge in [0, 0.05) is 18.7 Å². The molecule has 0 bridgehead atoms. The first kappa shape index (κ1) is 38.2. The molecule has 0 saturated carbocycles. The van der Waals surface area contributed by atoms with Crippen molar-refractivity contribution >= 4 is 34.5 Å². The van der Waals surface area contributed by atoms with Crippen LogP contribution < -0.4 is 0 Å². The van der Waals surface area contributed by atoms with E-state index in [2.05, 4.69) is 67.7 Å². The van der Waals surface area contributed by atoms with Crippen molar-refractivity contribution in [2.45, 2.75) is 103 Å². The summed E-state index contributed by atoms with van der Waals surface area (Å²) in [5.74, 6) is -1.61. The molecule has 1 heterocycles. The van der Waals surface area contributed by atoms with Gasteiger partial charge in [0.2, 0.25) is 0 Å². The quantitative estimate of drug-likeness (QED) is 0.146. The molecule has 264 valence electrons. The Balaban J connectivity index is 1.64. The lowest BCUT2D eigenvalue weighted by molar-refractivity contribution is 0.0470. The number of hydrogen-bond acceptors (Lipinski definition) is 7. The van der Waals surface area contributed by atoms with Crippen LogP contribution in [0.3, 0.4) is 0 Å². The zero-order valence-electron chi connectivity index (χ0n) is 30.8. The Morgan fingerprint density at radius 1 is 0.612 bits per heavy atom. The summed E-state index contributed by atoms with van der Waals surface area (Å²) in [6.45, 7) is 22.8. The molecule has 1 amide bonds. The van der Waals surface area contributed by atoms with Gasteiger partial charge in [-0.2, -0.15) is 0 Å². The van der Waals surface area contributed by atoms with Crippen molar-refractivity contribution in [3.8, 4) is 0 Å². The molecule has 1 aliphatic heterocycles. The van der Waals surface area contributed by atoms with Crippen molar-refractivity contribution in [2.75, 3.05) is 13.1 Å². The monoisotopic (exact) mass is 703 g/mol. The summed E-state index contributed by atoms with van der Waals surface area (Å²) in [6, 6.07) is 23.1. The average Bonchev–Trinajstić information content (AvgIpc) is 3.42. The Bertz CT molecular complexity index is 1500. The number of hydrogen-bond donors (Lipinski definition) is 0. The first-order chi connectivity index (χ1) is 22.8. The van der Waals surface area contributed by atoms with Crippen molar-refractivity contribution in [3.63, 3.8) is 0 Å². The molecule has 0 spiro atoms. The number of esters is 2. The van der Waals surface area contributed by atoms with Gasteiger partial charge in [-0.15, -0.1) is 0 Å². The van der Waals surface area contributed by atoms with Crippen LogP contribution in [0, 0.1) is 0 Å². The second-order valence-electron chi connectivity index (χ2n) is 16.0. The molecule has 0 N–H and O–H groups in total. The Hall–Kier alpha value is -3.58. The molecule has 0 radical (unpaired) electrons. The van der Waals surface area contributed by atoms with Gasteiger partial charge in [0.25, 0.3) is 5.91 Å². The van der Waals surface area contributed by atoms with Crippen LogP contribution >= 0.6 is 0 Å². The predicted molar refractivity (Wildman–Crippen MR) is 198 cm³/mol. The maximum atomic E-state index is 14.3. The highest BCUT2D eigenvalue weighted by molar-refractivity contribution is 6.74. The average molecular weight is 704 g/mol. The lowest BCUT2D eigenvalue weighted by Crippen LogP contribution is -2.51. The van der Waals surface area contributed by atoms with E-state index in [1.165, 1.54) is 18.2 Å². The first-order valence-electron chi connectivity index (χ1n) is 17.0. The highest BCUT2D eigenvalue weighted by atomic mass is 28.4. The minimum atomic E-state index is -2.22. The molecular weight excluding hydrogens is 651 g/mol. The van der Waals surface area contributed by atoms with E-state index in [-0.39, 0.29) is 58.1 Å². The molecule has 8 nitrogen and oxygen atoms in total. The van der Waals surface area contributed by atoms with Gasteiger partial charge in [0.1, 0.15) is 13.2 Å². The van der Waals surface area contributed by atoms with E-state index in [9.17, 15) is 14.4 Å². The largest absolute Gasteiger partial charge is 0.457 e. The fourth-order valence-corrected chi connectivity index (χ4v) is 7.70. The summed E-state index contributed by atoms with van der Waals surface area (Å²) in [5, 5.41) is -0.0647. The third kappa shape index (κ3) is 9.78. The summed E-state index contributed by atoms with van der Waals surface area (Å²) in [5.41, 5.74) is 2.03. The van der Waals surface area contributed by atoms with E-state index in [0.29, 0.717) is 13.1 Å². The minimum Gasteiger partial charge on any atom is -0.457 e. The van der Waals surface area contributed by atoms with Gasteiger partial charge >= 0.3 is 11.9 Å². The van der Waals surface area contributed by atoms with Crippen LogP contribution in [0.4, 0.5) is 0 Å². The molecule has 1 aliphatic rings. The van der Waals surface area contributed by atoms with Gasteiger partial charge in [-0.25, -0.2) is 9.59 Å². The van der Waals surface area contributed by atoms with E-state index in [1.807, 2.05) is 60.7 Å². The van der Waals surface area contributed by atoms with Crippen LogP contribution in [-0.4, -0.2) is 64.7 Å². The van der Waals surface area contributed by atoms with Crippen LogP contribution in [0.1, 0.15) is 83.7 Å².